The van der Waals surface area contributed by atoms with Crippen LogP contribution >= 0.6 is 0 Å². The molecular weight excluding hydrogens is 480 g/mol. The van der Waals surface area contributed by atoms with Gasteiger partial charge in [0.1, 0.15) is 6.04 Å². The Bertz CT molecular complexity index is 1270. The zero-order valence-electron chi connectivity index (χ0n) is 22.2. The monoisotopic (exact) mass is 516 g/mol. The van der Waals surface area contributed by atoms with Crippen LogP contribution in [0.4, 0.5) is 0 Å². The molecule has 38 heavy (non-hydrogen) atoms. The lowest BCUT2D eigenvalue weighted by Crippen LogP contribution is -2.51. The lowest BCUT2D eigenvalue weighted by Gasteiger charge is -2.23. The maximum atomic E-state index is 12.9. The Balaban J connectivity index is 1.52. The summed E-state index contributed by atoms with van der Waals surface area (Å²) in [5.41, 5.74) is 1.07. The summed E-state index contributed by atoms with van der Waals surface area (Å²) in [6, 6.07) is 21.8. The molecule has 8 heteroatoms. The number of carbonyl (C=O) groups is 4. The van der Waals surface area contributed by atoms with E-state index in [4.69, 9.17) is 0 Å². The van der Waals surface area contributed by atoms with Crippen molar-refractivity contribution in [2.24, 2.45) is 0 Å². The third-order valence-corrected chi connectivity index (χ3v) is 5.76. The van der Waals surface area contributed by atoms with E-state index >= 15 is 0 Å². The van der Waals surface area contributed by atoms with E-state index in [1.165, 1.54) is 0 Å². The van der Waals surface area contributed by atoms with Crippen molar-refractivity contribution in [3.05, 3.63) is 83.9 Å². The van der Waals surface area contributed by atoms with E-state index in [9.17, 15) is 19.2 Å². The van der Waals surface area contributed by atoms with Gasteiger partial charge in [0.25, 0.3) is 5.91 Å². The van der Waals surface area contributed by atoms with Crippen molar-refractivity contribution < 1.29 is 19.2 Å². The SMILES string of the molecule is CC(C)(C)NC(=O)C[C@H](NC(=O)CCc1ccccc1)C(=O)NCCNC(=O)c1ccc2ccccc2c1. The highest BCUT2D eigenvalue weighted by molar-refractivity contribution is 5.98. The number of nitrogens with one attached hydrogen (secondary N) is 4. The van der Waals surface area contributed by atoms with Crippen LogP contribution in [0.1, 0.15) is 49.5 Å². The molecule has 0 unspecified atom stereocenters. The second-order valence-corrected chi connectivity index (χ2v) is 10.2. The summed E-state index contributed by atoms with van der Waals surface area (Å²) in [4.78, 5) is 50.5. The molecule has 0 aliphatic rings. The molecule has 3 aromatic rings. The quantitative estimate of drug-likeness (QED) is 0.293. The summed E-state index contributed by atoms with van der Waals surface area (Å²) in [6.07, 6.45) is 0.524. The van der Waals surface area contributed by atoms with Gasteiger partial charge in [0.15, 0.2) is 0 Å². The van der Waals surface area contributed by atoms with E-state index in [1.54, 1.807) is 6.07 Å². The van der Waals surface area contributed by atoms with Crippen molar-refractivity contribution in [3.63, 3.8) is 0 Å². The van der Waals surface area contributed by atoms with Crippen LogP contribution in [0.3, 0.4) is 0 Å². The Morgan fingerprint density at radius 1 is 0.763 bits per heavy atom. The Morgan fingerprint density at radius 3 is 2.13 bits per heavy atom. The standard InChI is InChI=1S/C30H36N4O4/c1-30(2,3)34-27(36)20-25(33-26(35)16-13-21-9-5-4-6-10-21)29(38)32-18-17-31-28(37)24-15-14-22-11-7-8-12-23(22)19-24/h4-12,14-15,19,25H,13,16-18,20H2,1-3H3,(H,31,37)(H,32,38)(H,33,35)(H,34,36)/t25-/m0/s1. The van der Waals surface area contributed by atoms with Crippen molar-refractivity contribution in [3.8, 4) is 0 Å². The van der Waals surface area contributed by atoms with E-state index in [2.05, 4.69) is 21.3 Å². The predicted octanol–water partition coefficient (Wildman–Crippen LogP) is 3.11. The molecule has 200 valence electrons. The zero-order valence-corrected chi connectivity index (χ0v) is 22.2. The number of fused-ring (bicyclic) bond motifs is 1. The van der Waals surface area contributed by atoms with E-state index in [0.717, 1.165) is 16.3 Å². The molecule has 0 fully saturated rings. The molecule has 4 amide bonds. The average Bonchev–Trinajstić information content (AvgIpc) is 2.88. The lowest BCUT2D eigenvalue weighted by molar-refractivity contribution is -0.132. The van der Waals surface area contributed by atoms with Crippen LogP contribution in [0.5, 0.6) is 0 Å². The molecule has 0 bridgehead atoms. The van der Waals surface area contributed by atoms with Crippen molar-refractivity contribution in [1.82, 2.24) is 21.3 Å². The molecule has 3 aromatic carbocycles. The van der Waals surface area contributed by atoms with Crippen LogP contribution in [0, 0.1) is 0 Å². The summed E-state index contributed by atoms with van der Waals surface area (Å²) in [5, 5.41) is 13.0. The summed E-state index contributed by atoms with van der Waals surface area (Å²) >= 11 is 0. The summed E-state index contributed by atoms with van der Waals surface area (Å²) in [7, 11) is 0. The molecule has 4 N–H and O–H groups in total. The first-order valence-electron chi connectivity index (χ1n) is 12.8. The van der Waals surface area contributed by atoms with Gasteiger partial charge in [-0.1, -0.05) is 60.7 Å². The molecule has 0 radical (unpaired) electrons. The molecule has 0 saturated heterocycles. The van der Waals surface area contributed by atoms with Crippen LogP contribution in [0.2, 0.25) is 0 Å². The fourth-order valence-electron chi connectivity index (χ4n) is 3.95. The first-order chi connectivity index (χ1) is 18.1. The number of rotatable bonds is 11. The van der Waals surface area contributed by atoms with Crippen LogP contribution in [0.25, 0.3) is 10.8 Å². The molecule has 0 spiro atoms. The molecule has 0 aliphatic carbocycles. The third kappa shape index (κ3) is 9.35. The molecule has 1 atom stereocenters. The highest BCUT2D eigenvalue weighted by atomic mass is 16.2. The van der Waals surface area contributed by atoms with Gasteiger partial charge in [-0.25, -0.2) is 0 Å². The van der Waals surface area contributed by atoms with E-state index in [0.29, 0.717) is 12.0 Å². The Kier molecular flexibility index (Phi) is 9.99. The first kappa shape index (κ1) is 28.4. The van der Waals surface area contributed by atoms with E-state index in [-0.39, 0.29) is 43.7 Å². The molecule has 8 nitrogen and oxygen atoms in total. The highest BCUT2D eigenvalue weighted by Gasteiger charge is 2.25. The maximum absolute atomic E-state index is 12.9. The maximum Gasteiger partial charge on any atom is 0.251 e. The summed E-state index contributed by atoms with van der Waals surface area (Å²) in [5.74, 6) is -1.39. The number of hydrogen-bond acceptors (Lipinski definition) is 4. The normalized spacial score (nSPS) is 11.9. The van der Waals surface area contributed by atoms with Gasteiger partial charge >= 0.3 is 0 Å². The number of carbonyl (C=O) groups excluding carboxylic acids is 4. The topological polar surface area (TPSA) is 116 Å². The van der Waals surface area contributed by atoms with Gasteiger partial charge in [-0.05, 0) is 55.7 Å². The fraction of sp³-hybridized carbons (Fsp3) is 0.333. The van der Waals surface area contributed by atoms with E-state index < -0.39 is 17.5 Å². The zero-order chi connectivity index (χ0) is 27.5. The molecular formula is C30H36N4O4. The number of hydrogen-bond donors (Lipinski definition) is 4. The van der Waals surface area contributed by atoms with Crippen molar-refractivity contribution in [2.75, 3.05) is 13.1 Å². The summed E-state index contributed by atoms with van der Waals surface area (Å²) in [6.45, 7) is 5.87. The molecule has 0 heterocycles. The molecule has 0 aliphatic heterocycles. The van der Waals surface area contributed by atoms with Crippen LogP contribution in [-0.2, 0) is 20.8 Å². The second-order valence-electron chi connectivity index (χ2n) is 10.2. The Labute approximate surface area is 223 Å². The minimum absolute atomic E-state index is 0.148. The first-order valence-corrected chi connectivity index (χ1v) is 12.8. The molecule has 3 rings (SSSR count). The van der Waals surface area contributed by atoms with Crippen molar-refractivity contribution >= 4 is 34.4 Å². The van der Waals surface area contributed by atoms with Gasteiger partial charge in [-0.3, -0.25) is 19.2 Å². The smallest absolute Gasteiger partial charge is 0.251 e. The molecule has 0 saturated carbocycles. The van der Waals surface area contributed by atoms with Crippen molar-refractivity contribution in [2.45, 2.75) is 51.6 Å². The highest BCUT2D eigenvalue weighted by Crippen LogP contribution is 2.15. The van der Waals surface area contributed by atoms with Gasteiger partial charge in [-0.2, -0.15) is 0 Å². The molecule has 0 aromatic heterocycles. The Hall–Kier alpha value is -4.20. The van der Waals surface area contributed by atoms with Crippen LogP contribution < -0.4 is 21.3 Å². The third-order valence-electron chi connectivity index (χ3n) is 5.76. The number of benzene rings is 3. The van der Waals surface area contributed by atoms with Crippen LogP contribution in [0.15, 0.2) is 72.8 Å². The second kappa shape index (κ2) is 13.4. The largest absolute Gasteiger partial charge is 0.353 e. The minimum Gasteiger partial charge on any atom is -0.353 e. The minimum atomic E-state index is -1.03. The van der Waals surface area contributed by atoms with E-state index in [1.807, 2.05) is 87.5 Å². The predicted molar refractivity (Wildman–Crippen MR) is 148 cm³/mol. The lowest BCUT2D eigenvalue weighted by atomic mass is 10.1. The summed E-state index contributed by atoms with van der Waals surface area (Å²) < 4.78 is 0. The fourth-order valence-corrected chi connectivity index (χ4v) is 3.95. The van der Waals surface area contributed by atoms with Gasteiger partial charge < -0.3 is 21.3 Å². The van der Waals surface area contributed by atoms with Gasteiger partial charge in [0.2, 0.25) is 17.7 Å². The van der Waals surface area contributed by atoms with Crippen LogP contribution in [-0.4, -0.2) is 48.3 Å². The van der Waals surface area contributed by atoms with Gasteiger partial charge in [0.05, 0.1) is 6.42 Å². The van der Waals surface area contributed by atoms with Crippen molar-refractivity contribution in [1.29, 1.82) is 0 Å². The average molecular weight is 517 g/mol. The number of aryl methyl sites for hydroxylation is 1. The van der Waals surface area contributed by atoms with Gasteiger partial charge in [-0.15, -0.1) is 0 Å². The Morgan fingerprint density at radius 2 is 1.42 bits per heavy atom. The van der Waals surface area contributed by atoms with Gasteiger partial charge in [0, 0.05) is 30.6 Å². The number of amides is 4.